The maximum Gasteiger partial charge on any atom is 0.168 e. The minimum atomic E-state index is -0.277. The van der Waals surface area contributed by atoms with E-state index in [1.165, 1.54) is 115 Å². The summed E-state index contributed by atoms with van der Waals surface area (Å²) in [6.45, 7) is 4.50. The first-order chi connectivity index (χ1) is 19.6. The van der Waals surface area contributed by atoms with Crippen molar-refractivity contribution in [2.24, 2.45) is 5.92 Å². The zero-order chi connectivity index (χ0) is 28.6. The largest absolute Gasteiger partial charge is 0.493 e. The molecule has 0 aliphatic heterocycles. The third-order valence-electron chi connectivity index (χ3n) is 9.17. The number of nitriles is 1. The predicted octanol–water partition coefficient (Wildman–Crippen LogP) is 11.7. The van der Waals surface area contributed by atoms with Crippen LogP contribution in [0.3, 0.4) is 0 Å². The number of methoxy groups -OCH3 is 1. The molecule has 40 heavy (non-hydrogen) atoms. The molecule has 2 aromatic carbocycles. The number of ether oxygens (including phenoxy) is 1. The Morgan fingerprint density at radius 2 is 1.38 bits per heavy atom. The normalized spacial score (nSPS) is 17.1. The van der Waals surface area contributed by atoms with Crippen LogP contribution in [0.2, 0.25) is 0 Å². The number of aryl methyl sites for hydroxylation is 1. The Morgan fingerprint density at radius 1 is 0.775 bits per heavy atom. The molecule has 0 N–H and O–H groups in total. The van der Waals surface area contributed by atoms with Gasteiger partial charge in [-0.1, -0.05) is 122 Å². The molecule has 3 heteroatoms. The van der Waals surface area contributed by atoms with E-state index in [1.807, 2.05) is 18.2 Å². The molecule has 0 heterocycles. The smallest absolute Gasteiger partial charge is 0.168 e. The second-order valence-corrected chi connectivity index (χ2v) is 12.2. The van der Waals surface area contributed by atoms with Crippen molar-refractivity contribution in [1.29, 1.82) is 5.26 Å². The van der Waals surface area contributed by atoms with E-state index < -0.39 is 0 Å². The van der Waals surface area contributed by atoms with Crippen molar-refractivity contribution < 1.29 is 9.13 Å². The number of nitrogens with zero attached hydrogens (tertiary/aromatic N) is 1. The van der Waals surface area contributed by atoms with Gasteiger partial charge in [-0.25, -0.2) is 4.39 Å². The van der Waals surface area contributed by atoms with Gasteiger partial charge in [-0.05, 0) is 67.6 Å². The van der Waals surface area contributed by atoms with Crippen molar-refractivity contribution in [3.05, 3.63) is 52.8 Å². The van der Waals surface area contributed by atoms with Crippen LogP contribution in [0.25, 0.3) is 11.1 Å². The molecule has 220 valence electrons. The molecular weight excluding hydrogens is 493 g/mol. The molecule has 0 atom stereocenters. The fourth-order valence-corrected chi connectivity index (χ4v) is 6.62. The van der Waals surface area contributed by atoms with Crippen molar-refractivity contribution >= 4 is 0 Å². The number of halogens is 1. The molecule has 0 spiro atoms. The first-order valence-corrected chi connectivity index (χ1v) is 16.5. The van der Waals surface area contributed by atoms with Crippen LogP contribution in [0.1, 0.15) is 152 Å². The van der Waals surface area contributed by atoms with Gasteiger partial charge in [0.1, 0.15) is 0 Å². The van der Waals surface area contributed by atoms with E-state index in [0.29, 0.717) is 22.6 Å². The summed E-state index contributed by atoms with van der Waals surface area (Å²) in [6.07, 6.45) is 23.9. The van der Waals surface area contributed by atoms with Gasteiger partial charge in [0.25, 0.3) is 0 Å². The van der Waals surface area contributed by atoms with Crippen LogP contribution in [0.15, 0.2) is 30.3 Å². The maximum atomic E-state index is 15.5. The lowest BCUT2D eigenvalue weighted by atomic mass is 9.76. The molecule has 0 radical (unpaired) electrons. The Morgan fingerprint density at radius 3 is 2.00 bits per heavy atom. The van der Waals surface area contributed by atoms with Gasteiger partial charge in [0.15, 0.2) is 11.6 Å². The van der Waals surface area contributed by atoms with E-state index in [1.54, 1.807) is 0 Å². The van der Waals surface area contributed by atoms with E-state index in [9.17, 15) is 5.26 Å². The third kappa shape index (κ3) is 9.64. The number of hydrogen-bond acceptors (Lipinski definition) is 2. The molecule has 0 amide bonds. The van der Waals surface area contributed by atoms with Gasteiger partial charge in [0.2, 0.25) is 0 Å². The van der Waals surface area contributed by atoms with Crippen LogP contribution in [0.4, 0.5) is 4.39 Å². The third-order valence-corrected chi connectivity index (χ3v) is 9.17. The summed E-state index contributed by atoms with van der Waals surface area (Å²) in [6, 6.07) is 12.5. The maximum absolute atomic E-state index is 15.5. The second-order valence-electron chi connectivity index (χ2n) is 12.2. The number of benzene rings is 2. The van der Waals surface area contributed by atoms with Crippen molar-refractivity contribution in [2.75, 3.05) is 7.11 Å². The van der Waals surface area contributed by atoms with Crippen LogP contribution in [0, 0.1) is 23.1 Å². The zero-order valence-electron chi connectivity index (χ0n) is 25.7. The Bertz CT molecular complexity index is 1050. The molecule has 3 rings (SSSR count). The molecule has 1 aliphatic carbocycles. The number of rotatable bonds is 18. The average molecular weight is 548 g/mol. The molecule has 2 nitrogen and oxygen atoms in total. The summed E-state index contributed by atoms with van der Waals surface area (Å²) in [5, 5.41) is 10.0. The van der Waals surface area contributed by atoms with Gasteiger partial charge in [-0.3, -0.25) is 0 Å². The summed E-state index contributed by atoms with van der Waals surface area (Å²) in [5.74, 6) is 1.37. The fraction of sp³-hybridized carbons (Fsp3) is 0.649. The van der Waals surface area contributed by atoms with E-state index >= 15 is 4.39 Å². The van der Waals surface area contributed by atoms with E-state index in [-0.39, 0.29) is 11.6 Å². The lowest BCUT2D eigenvalue weighted by Crippen LogP contribution is -2.13. The monoisotopic (exact) mass is 547 g/mol. The first-order valence-electron chi connectivity index (χ1n) is 16.5. The van der Waals surface area contributed by atoms with Crippen LogP contribution >= 0.6 is 0 Å². The lowest BCUT2D eigenvalue weighted by molar-refractivity contribution is 0.302. The molecule has 0 bridgehead atoms. The second kappa shape index (κ2) is 18.2. The molecule has 0 saturated heterocycles. The average Bonchev–Trinajstić information content (AvgIpc) is 2.99. The van der Waals surface area contributed by atoms with E-state index in [2.05, 4.69) is 32.0 Å². The van der Waals surface area contributed by atoms with Crippen molar-refractivity contribution in [1.82, 2.24) is 0 Å². The summed E-state index contributed by atoms with van der Waals surface area (Å²) in [5.41, 5.74) is 4.02. The van der Waals surface area contributed by atoms with Gasteiger partial charge >= 0.3 is 0 Å². The zero-order valence-corrected chi connectivity index (χ0v) is 25.7. The van der Waals surface area contributed by atoms with E-state index in [4.69, 9.17) is 4.74 Å². The van der Waals surface area contributed by atoms with Crippen LogP contribution in [-0.2, 0) is 6.42 Å². The van der Waals surface area contributed by atoms with Gasteiger partial charge in [0.05, 0.1) is 18.7 Å². The first kappa shape index (κ1) is 32.2. The molecule has 1 fully saturated rings. The Balaban J connectivity index is 1.58. The molecule has 1 aliphatic rings. The lowest BCUT2D eigenvalue weighted by Gasteiger charge is -2.29. The number of unbranched alkanes of at least 4 members (excludes halogenated alkanes) is 11. The van der Waals surface area contributed by atoms with Crippen LogP contribution < -0.4 is 4.74 Å². The van der Waals surface area contributed by atoms with Gasteiger partial charge in [-0.15, -0.1) is 0 Å². The summed E-state index contributed by atoms with van der Waals surface area (Å²) >= 11 is 0. The topological polar surface area (TPSA) is 33.0 Å². The molecule has 0 aromatic heterocycles. The van der Waals surface area contributed by atoms with Crippen LogP contribution in [0.5, 0.6) is 5.75 Å². The minimum absolute atomic E-state index is 0.263. The molecular formula is C37H54FNO. The standard InChI is InChI=1S/C37H54FNO/c1-4-6-8-10-12-13-15-17-29-19-21-30(22-20-29)32-24-25-34(33(27-32)28-39)35-26-23-31(36(38)37(35)40-3)18-16-14-11-9-7-5-2/h23-27,29-30H,4-22H2,1-3H3. The predicted molar refractivity (Wildman–Crippen MR) is 167 cm³/mol. The highest BCUT2D eigenvalue weighted by molar-refractivity contribution is 5.77. The van der Waals surface area contributed by atoms with Gasteiger partial charge < -0.3 is 4.74 Å². The van der Waals surface area contributed by atoms with Gasteiger partial charge in [-0.2, -0.15) is 5.26 Å². The van der Waals surface area contributed by atoms with E-state index in [0.717, 1.165) is 30.7 Å². The fourth-order valence-electron chi connectivity index (χ4n) is 6.62. The Kier molecular flexibility index (Phi) is 14.6. The molecule has 1 saturated carbocycles. The van der Waals surface area contributed by atoms with Crippen molar-refractivity contribution in [3.63, 3.8) is 0 Å². The van der Waals surface area contributed by atoms with Crippen molar-refractivity contribution in [2.45, 2.75) is 142 Å². The Hall–Kier alpha value is -2.34. The van der Waals surface area contributed by atoms with Gasteiger partial charge in [0, 0.05) is 11.1 Å². The molecule has 2 aromatic rings. The summed E-state index contributed by atoms with van der Waals surface area (Å²) in [7, 11) is 1.53. The Labute approximate surface area is 244 Å². The number of hydrogen-bond donors (Lipinski definition) is 0. The van der Waals surface area contributed by atoms with Crippen LogP contribution in [-0.4, -0.2) is 7.11 Å². The summed E-state index contributed by atoms with van der Waals surface area (Å²) in [4.78, 5) is 0. The SMILES string of the molecule is CCCCCCCCCC1CCC(c2ccc(-c3ccc(CCCCCCCC)c(F)c3OC)c(C#N)c2)CC1. The minimum Gasteiger partial charge on any atom is -0.493 e. The molecule has 0 unspecified atom stereocenters. The summed E-state index contributed by atoms with van der Waals surface area (Å²) < 4.78 is 21.0. The van der Waals surface area contributed by atoms with Crippen molar-refractivity contribution in [3.8, 4) is 22.9 Å². The highest BCUT2D eigenvalue weighted by atomic mass is 19.1. The quantitative estimate of drug-likeness (QED) is 0.174. The highest BCUT2D eigenvalue weighted by Crippen LogP contribution is 2.41. The highest BCUT2D eigenvalue weighted by Gasteiger charge is 2.24.